The van der Waals surface area contributed by atoms with Gasteiger partial charge in [-0.05, 0) is 37.1 Å². The molecule has 1 aliphatic heterocycles. The number of methoxy groups -OCH3 is 2. The van der Waals surface area contributed by atoms with E-state index in [1.54, 1.807) is 37.3 Å². The number of hydrogen-bond donors (Lipinski definition) is 2. The number of amides is 2. The van der Waals surface area contributed by atoms with Crippen molar-refractivity contribution in [3.63, 3.8) is 0 Å². The first-order chi connectivity index (χ1) is 14.6. The fourth-order valence-electron chi connectivity index (χ4n) is 3.88. The molecule has 0 bridgehead atoms. The minimum absolute atomic E-state index is 0.0809. The Bertz CT molecular complexity index is 1040. The zero-order chi connectivity index (χ0) is 21.1. The molecule has 0 saturated carbocycles. The highest BCUT2D eigenvalue weighted by Gasteiger charge is 2.30. The molecule has 4 rings (SSSR count). The monoisotopic (exact) mass is 407 g/mol. The molecule has 30 heavy (non-hydrogen) atoms. The maximum atomic E-state index is 13.0. The average molecular weight is 407 g/mol. The molecule has 2 N–H and O–H groups in total. The van der Waals surface area contributed by atoms with Crippen LogP contribution in [0.1, 0.15) is 23.3 Å². The molecule has 0 radical (unpaired) electrons. The molecule has 7 nitrogen and oxygen atoms in total. The zero-order valence-corrected chi connectivity index (χ0v) is 17.1. The van der Waals surface area contributed by atoms with E-state index < -0.39 is 0 Å². The van der Waals surface area contributed by atoms with Crippen molar-refractivity contribution in [2.24, 2.45) is 5.92 Å². The lowest BCUT2D eigenvalue weighted by atomic mass is 9.96. The van der Waals surface area contributed by atoms with Crippen LogP contribution in [0.5, 0.6) is 11.5 Å². The summed E-state index contributed by atoms with van der Waals surface area (Å²) in [6, 6.07) is 14.9. The summed E-state index contributed by atoms with van der Waals surface area (Å²) in [5, 5.41) is 3.93. The number of H-pyrrole nitrogens is 1. The van der Waals surface area contributed by atoms with Crippen molar-refractivity contribution in [2.45, 2.75) is 12.8 Å². The van der Waals surface area contributed by atoms with Crippen molar-refractivity contribution in [3.05, 3.63) is 54.2 Å². The van der Waals surface area contributed by atoms with Crippen LogP contribution in [0.4, 0.5) is 5.69 Å². The molecular formula is C23H25N3O4. The van der Waals surface area contributed by atoms with Crippen LogP contribution in [0.15, 0.2) is 48.5 Å². The molecule has 3 aromatic rings. The number of likely N-dealkylation sites (tertiary alicyclic amines) is 1. The number of aromatic amines is 1. The number of nitrogens with zero attached hydrogens (tertiary/aromatic N) is 1. The van der Waals surface area contributed by atoms with Gasteiger partial charge in [0.25, 0.3) is 5.91 Å². The highest BCUT2D eigenvalue weighted by molar-refractivity contribution is 5.99. The van der Waals surface area contributed by atoms with Crippen LogP contribution in [-0.2, 0) is 4.79 Å². The Hall–Kier alpha value is -3.48. The smallest absolute Gasteiger partial charge is 0.270 e. The second-order valence-electron chi connectivity index (χ2n) is 7.42. The molecule has 0 unspecified atom stereocenters. The lowest BCUT2D eigenvalue weighted by Crippen LogP contribution is -2.43. The van der Waals surface area contributed by atoms with E-state index in [1.165, 1.54) is 0 Å². The third-order valence-corrected chi connectivity index (χ3v) is 5.50. The van der Waals surface area contributed by atoms with Crippen molar-refractivity contribution in [2.75, 3.05) is 32.6 Å². The first-order valence-corrected chi connectivity index (χ1v) is 9.99. The van der Waals surface area contributed by atoms with Crippen LogP contribution < -0.4 is 14.8 Å². The Morgan fingerprint density at radius 3 is 2.70 bits per heavy atom. The van der Waals surface area contributed by atoms with Crippen molar-refractivity contribution in [1.82, 2.24) is 9.88 Å². The Balaban J connectivity index is 1.47. The van der Waals surface area contributed by atoms with Crippen molar-refractivity contribution >= 4 is 28.4 Å². The topological polar surface area (TPSA) is 83.7 Å². The summed E-state index contributed by atoms with van der Waals surface area (Å²) in [4.78, 5) is 30.9. The number of aromatic nitrogens is 1. The molecule has 1 aliphatic rings. The van der Waals surface area contributed by atoms with Gasteiger partial charge in [-0.1, -0.05) is 18.2 Å². The molecule has 156 valence electrons. The third kappa shape index (κ3) is 3.96. The number of benzene rings is 2. The summed E-state index contributed by atoms with van der Waals surface area (Å²) in [6.07, 6.45) is 1.51. The van der Waals surface area contributed by atoms with Gasteiger partial charge in [-0.2, -0.15) is 0 Å². The van der Waals surface area contributed by atoms with Gasteiger partial charge in [-0.25, -0.2) is 0 Å². The van der Waals surface area contributed by atoms with Gasteiger partial charge in [0.05, 0.1) is 25.8 Å². The summed E-state index contributed by atoms with van der Waals surface area (Å²) < 4.78 is 10.6. The number of fused-ring (bicyclic) bond motifs is 1. The summed E-state index contributed by atoms with van der Waals surface area (Å²) in [6.45, 7) is 1.02. The molecular weight excluding hydrogens is 382 g/mol. The van der Waals surface area contributed by atoms with Crippen LogP contribution in [0.2, 0.25) is 0 Å². The first-order valence-electron chi connectivity index (χ1n) is 9.99. The normalized spacial score (nSPS) is 16.3. The minimum Gasteiger partial charge on any atom is -0.497 e. The average Bonchev–Trinajstić information content (AvgIpc) is 3.23. The van der Waals surface area contributed by atoms with Crippen LogP contribution in [-0.4, -0.2) is 49.0 Å². The number of carbonyl (C=O) groups is 2. The SMILES string of the molecule is COc1ccc(OC)c(NC(=O)[C@@H]2CCCN(C(=O)c3cc4ccccc4[nH]3)C2)c1. The number of carbonyl (C=O) groups excluding carboxylic acids is 2. The van der Waals surface area contributed by atoms with Gasteiger partial charge in [0, 0.05) is 30.1 Å². The van der Waals surface area contributed by atoms with Crippen LogP contribution in [0.25, 0.3) is 10.9 Å². The van der Waals surface area contributed by atoms with Crippen LogP contribution in [0.3, 0.4) is 0 Å². The molecule has 0 spiro atoms. The number of hydrogen-bond acceptors (Lipinski definition) is 4. The Morgan fingerprint density at radius 1 is 1.10 bits per heavy atom. The number of anilines is 1. The van der Waals surface area contributed by atoms with Gasteiger partial charge in [0.2, 0.25) is 5.91 Å². The predicted octanol–water partition coefficient (Wildman–Crippen LogP) is 3.68. The van der Waals surface area contributed by atoms with E-state index >= 15 is 0 Å². The number of ether oxygens (including phenoxy) is 2. The molecule has 7 heteroatoms. The zero-order valence-electron chi connectivity index (χ0n) is 17.1. The Labute approximate surface area is 175 Å². The fraction of sp³-hybridized carbons (Fsp3) is 0.304. The van der Waals surface area contributed by atoms with E-state index in [2.05, 4.69) is 10.3 Å². The molecule has 1 aromatic heterocycles. The number of rotatable bonds is 5. The highest BCUT2D eigenvalue weighted by atomic mass is 16.5. The summed E-state index contributed by atoms with van der Waals surface area (Å²) in [7, 11) is 3.13. The lowest BCUT2D eigenvalue weighted by Gasteiger charge is -2.32. The molecule has 1 saturated heterocycles. The van der Waals surface area contributed by atoms with E-state index in [0.29, 0.717) is 36.0 Å². The second-order valence-corrected chi connectivity index (χ2v) is 7.42. The fourth-order valence-corrected chi connectivity index (χ4v) is 3.88. The molecule has 1 fully saturated rings. The molecule has 2 heterocycles. The maximum Gasteiger partial charge on any atom is 0.270 e. The van der Waals surface area contributed by atoms with E-state index in [4.69, 9.17) is 9.47 Å². The van der Waals surface area contributed by atoms with Gasteiger partial charge in [-0.3, -0.25) is 9.59 Å². The van der Waals surface area contributed by atoms with Crippen molar-refractivity contribution in [3.8, 4) is 11.5 Å². The highest BCUT2D eigenvalue weighted by Crippen LogP contribution is 2.30. The summed E-state index contributed by atoms with van der Waals surface area (Å²) in [5.41, 5.74) is 2.03. The molecule has 1 atom stereocenters. The van der Waals surface area contributed by atoms with Gasteiger partial charge in [0.15, 0.2) is 0 Å². The van der Waals surface area contributed by atoms with Gasteiger partial charge >= 0.3 is 0 Å². The lowest BCUT2D eigenvalue weighted by molar-refractivity contribution is -0.121. The molecule has 0 aliphatic carbocycles. The molecule has 2 aromatic carbocycles. The summed E-state index contributed by atoms with van der Waals surface area (Å²) in [5.74, 6) is 0.692. The predicted molar refractivity (Wildman–Crippen MR) is 115 cm³/mol. The quantitative estimate of drug-likeness (QED) is 0.676. The number of piperidine rings is 1. The maximum absolute atomic E-state index is 13.0. The van der Waals surface area contributed by atoms with Crippen LogP contribution >= 0.6 is 0 Å². The second kappa shape index (κ2) is 8.49. The third-order valence-electron chi connectivity index (χ3n) is 5.50. The van der Waals surface area contributed by atoms with Crippen molar-refractivity contribution < 1.29 is 19.1 Å². The van der Waals surface area contributed by atoms with E-state index in [-0.39, 0.29) is 17.7 Å². The van der Waals surface area contributed by atoms with E-state index in [0.717, 1.165) is 23.7 Å². The Morgan fingerprint density at radius 2 is 1.93 bits per heavy atom. The van der Waals surface area contributed by atoms with E-state index in [9.17, 15) is 9.59 Å². The van der Waals surface area contributed by atoms with Crippen molar-refractivity contribution in [1.29, 1.82) is 0 Å². The minimum atomic E-state index is -0.289. The largest absolute Gasteiger partial charge is 0.497 e. The van der Waals surface area contributed by atoms with Gasteiger partial charge in [0.1, 0.15) is 17.2 Å². The number of para-hydroxylation sites is 1. The standard InChI is InChI=1S/C23H25N3O4/c1-29-17-9-10-21(30-2)19(13-17)25-22(27)16-7-5-11-26(14-16)23(28)20-12-15-6-3-4-8-18(15)24-20/h3-4,6,8-10,12-13,16,24H,5,7,11,14H2,1-2H3,(H,25,27)/t16-/m1/s1. The van der Waals surface area contributed by atoms with Gasteiger partial charge < -0.3 is 24.7 Å². The first kappa shape index (κ1) is 19.8. The van der Waals surface area contributed by atoms with Gasteiger partial charge in [-0.15, -0.1) is 0 Å². The number of nitrogens with one attached hydrogen (secondary N) is 2. The van der Waals surface area contributed by atoms with Crippen LogP contribution in [0, 0.1) is 5.92 Å². The molecule has 2 amide bonds. The Kier molecular flexibility index (Phi) is 5.61. The van der Waals surface area contributed by atoms with E-state index in [1.807, 2.05) is 30.3 Å². The summed E-state index contributed by atoms with van der Waals surface area (Å²) >= 11 is 0.